The molecule has 2 atom stereocenters. The second-order valence-electron chi connectivity index (χ2n) is 9.64. The van der Waals surface area contributed by atoms with E-state index in [9.17, 15) is 0 Å². The van der Waals surface area contributed by atoms with E-state index in [-0.39, 0.29) is 17.1 Å². The van der Waals surface area contributed by atoms with E-state index >= 15 is 0 Å². The maximum atomic E-state index is 6.58. The van der Waals surface area contributed by atoms with Crippen molar-refractivity contribution < 1.29 is 14.2 Å². The second kappa shape index (κ2) is 7.50. The maximum Gasteiger partial charge on any atom is 0.316 e. The van der Waals surface area contributed by atoms with Crippen molar-refractivity contribution in [1.82, 2.24) is 14.9 Å². The molecule has 3 aliphatic rings. The molecule has 30 heavy (non-hydrogen) atoms. The van der Waals surface area contributed by atoms with Gasteiger partial charge in [0.05, 0.1) is 19.8 Å². The molecule has 3 aliphatic heterocycles. The molecule has 4 heterocycles. The zero-order valence-electron chi connectivity index (χ0n) is 18.1. The summed E-state index contributed by atoms with van der Waals surface area (Å²) in [5.41, 5.74) is 2.38. The minimum Gasteiger partial charge on any atom is -0.487 e. The Hall–Kier alpha value is -2.18. The fraction of sp³-hybridized carbons (Fsp3) is 0.583. The first-order chi connectivity index (χ1) is 14.5. The van der Waals surface area contributed by atoms with Crippen molar-refractivity contribution in [2.75, 3.05) is 26.8 Å². The summed E-state index contributed by atoms with van der Waals surface area (Å²) in [5.74, 6) is 1.36. The van der Waals surface area contributed by atoms with Crippen molar-refractivity contribution in [2.45, 2.75) is 51.4 Å². The molecule has 0 radical (unpaired) electrons. The average Bonchev–Trinajstić information content (AvgIpc) is 2.76. The van der Waals surface area contributed by atoms with Gasteiger partial charge in [-0.15, -0.1) is 0 Å². The van der Waals surface area contributed by atoms with Gasteiger partial charge in [0, 0.05) is 36.0 Å². The fourth-order valence-corrected chi connectivity index (χ4v) is 5.42. The average molecular weight is 410 g/mol. The number of para-hydroxylation sites is 1. The van der Waals surface area contributed by atoms with Crippen LogP contribution in [0.25, 0.3) is 0 Å². The molecule has 2 fully saturated rings. The number of fused-ring (bicyclic) bond motifs is 3. The SMILES string of the molecule is COc1ncc(CN2CCC3(CC2)CO[C@@H]2c4ccccc4OC(C)(C)[C@H]2C3)cn1. The Kier molecular flexibility index (Phi) is 4.94. The normalized spacial score (nSPS) is 27.0. The second-order valence-corrected chi connectivity index (χ2v) is 9.64. The highest BCUT2D eigenvalue weighted by atomic mass is 16.5. The summed E-state index contributed by atoms with van der Waals surface area (Å²) >= 11 is 0. The summed E-state index contributed by atoms with van der Waals surface area (Å²) in [6.07, 6.45) is 7.35. The number of aromatic nitrogens is 2. The Bertz CT molecular complexity index is 891. The van der Waals surface area contributed by atoms with Crippen LogP contribution in [-0.4, -0.2) is 47.3 Å². The largest absolute Gasteiger partial charge is 0.487 e. The lowest BCUT2D eigenvalue weighted by atomic mass is 9.64. The molecule has 1 spiro atoms. The van der Waals surface area contributed by atoms with Crippen LogP contribution in [0, 0.1) is 11.3 Å². The van der Waals surface area contributed by atoms with Crippen LogP contribution in [0.15, 0.2) is 36.7 Å². The molecule has 1 aromatic carbocycles. The van der Waals surface area contributed by atoms with Gasteiger partial charge in [0.15, 0.2) is 0 Å². The lowest BCUT2D eigenvalue weighted by molar-refractivity contribution is -0.174. The Morgan fingerprint density at radius 2 is 1.87 bits per heavy atom. The summed E-state index contributed by atoms with van der Waals surface area (Å²) in [6, 6.07) is 8.79. The van der Waals surface area contributed by atoms with Gasteiger partial charge < -0.3 is 14.2 Å². The molecule has 160 valence electrons. The highest BCUT2D eigenvalue weighted by molar-refractivity contribution is 5.39. The lowest BCUT2D eigenvalue weighted by Gasteiger charge is -2.54. The molecule has 0 unspecified atom stereocenters. The van der Waals surface area contributed by atoms with Gasteiger partial charge in [-0.2, -0.15) is 0 Å². The molecule has 2 saturated heterocycles. The smallest absolute Gasteiger partial charge is 0.316 e. The zero-order valence-corrected chi connectivity index (χ0v) is 18.1. The van der Waals surface area contributed by atoms with Gasteiger partial charge in [-0.05, 0) is 57.7 Å². The number of ether oxygens (including phenoxy) is 3. The van der Waals surface area contributed by atoms with Crippen LogP contribution >= 0.6 is 0 Å². The third kappa shape index (κ3) is 3.56. The van der Waals surface area contributed by atoms with Gasteiger partial charge in [-0.25, -0.2) is 9.97 Å². The lowest BCUT2D eigenvalue weighted by Crippen LogP contribution is -2.54. The molecule has 0 aliphatic carbocycles. The van der Waals surface area contributed by atoms with Crippen LogP contribution in [0.3, 0.4) is 0 Å². The molecular weight excluding hydrogens is 378 g/mol. The van der Waals surface area contributed by atoms with Gasteiger partial charge in [-0.3, -0.25) is 4.90 Å². The number of rotatable bonds is 3. The highest BCUT2D eigenvalue weighted by Crippen LogP contribution is 2.55. The van der Waals surface area contributed by atoms with E-state index in [0.29, 0.717) is 11.9 Å². The molecule has 5 rings (SSSR count). The van der Waals surface area contributed by atoms with Gasteiger partial charge in [0.25, 0.3) is 0 Å². The summed E-state index contributed by atoms with van der Waals surface area (Å²) in [5, 5.41) is 0. The van der Waals surface area contributed by atoms with Gasteiger partial charge in [0.2, 0.25) is 0 Å². The minimum atomic E-state index is -0.218. The predicted molar refractivity (Wildman–Crippen MR) is 113 cm³/mol. The maximum absolute atomic E-state index is 6.58. The third-order valence-electron chi connectivity index (χ3n) is 7.27. The van der Waals surface area contributed by atoms with Gasteiger partial charge in [0.1, 0.15) is 11.4 Å². The minimum absolute atomic E-state index is 0.144. The van der Waals surface area contributed by atoms with Crippen molar-refractivity contribution in [3.05, 3.63) is 47.8 Å². The zero-order chi connectivity index (χ0) is 20.8. The molecule has 1 aromatic heterocycles. The quantitative estimate of drug-likeness (QED) is 0.763. The molecule has 0 N–H and O–H groups in total. The number of likely N-dealkylation sites (tertiary alicyclic amines) is 1. The standard InChI is InChI=1S/C24H31N3O3/c1-23(2)19-12-24(16-29-21(19)18-6-4-5-7-20(18)30-23)8-10-27(11-9-24)15-17-13-25-22(28-3)26-14-17/h4-7,13-14,19,21H,8-12,15-16H2,1-3H3/t19-,21+/m0/s1. The van der Waals surface area contributed by atoms with Gasteiger partial charge in [-0.1, -0.05) is 18.2 Å². The Morgan fingerprint density at radius 1 is 1.13 bits per heavy atom. The van der Waals surface area contributed by atoms with Crippen molar-refractivity contribution in [2.24, 2.45) is 11.3 Å². The fourth-order valence-electron chi connectivity index (χ4n) is 5.42. The summed E-state index contributed by atoms with van der Waals surface area (Å²) < 4.78 is 18.1. The molecule has 0 amide bonds. The topological polar surface area (TPSA) is 56.7 Å². The van der Waals surface area contributed by atoms with Crippen LogP contribution in [0.2, 0.25) is 0 Å². The number of hydrogen-bond acceptors (Lipinski definition) is 6. The first-order valence-corrected chi connectivity index (χ1v) is 10.9. The van der Waals surface area contributed by atoms with E-state index in [4.69, 9.17) is 14.2 Å². The summed E-state index contributed by atoms with van der Waals surface area (Å²) in [7, 11) is 1.59. The number of benzene rings is 1. The van der Waals surface area contributed by atoms with Crippen LogP contribution in [-0.2, 0) is 11.3 Å². The van der Waals surface area contributed by atoms with Crippen LogP contribution in [0.4, 0.5) is 0 Å². The molecule has 6 nitrogen and oxygen atoms in total. The van der Waals surface area contributed by atoms with Gasteiger partial charge >= 0.3 is 6.01 Å². The molecular formula is C24H31N3O3. The number of piperidine rings is 1. The molecule has 0 saturated carbocycles. The van der Waals surface area contributed by atoms with Crippen LogP contribution in [0.1, 0.15) is 50.3 Å². The van der Waals surface area contributed by atoms with Crippen molar-refractivity contribution in [1.29, 1.82) is 0 Å². The third-order valence-corrected chi connectivity index (χ3v) is 7.27. The Balaban J connectivity index is 1.26. The van der Waals surface area contributed by atoms with E-state index in [1.54, 1.807) is 7.11 Å². The van der Waals surface area contributed by atoms with Crippen LogP contribution < -0.4 is 9.47 Å². The first-order valence-electron chi connectivity index (χ1n) is 10.9. The number of hydrogen-bond donors (Lipinski definition) is 0. The van der Waals surface area contributed by atoms with E-state index in [2.05, 4.69) is 46.9 Å². The van der Waals surface area contributed by atoms with Crippen molar-refractivity contribution >= 4 is 0 Å². The molecule has 0 bridgehead atoms. The monoisotopic (exact) mass is 409 g/mol. The van der Waals surface area contributed by atoms with E-state index in [1.807, 2.05) is 18.5 Å². The first kappa shape index (κ1) is 19.8. The summed E-state index contributed by atoms with van der Waals surface area (Å²) in [6.45, 7) is 8.33. The molecule has 6 heteroatoms. The molecule has 2 aromatic rings. The Morgan fingerprint density at radius 3 is 2.60 bits per heavy atom. The Labute approximate surface area is 178 Å². The van der Waals surface area contributed by atoms with E-state index in [0.717, 1.165) is 50.4 Å². The van der Waals surface area contributed by atoms with E-state index < -0.39 is 0 Å². The highest BCUT2D eigenvalue weighted by Gasteiger charge is 2.52. The van der Waals surface area contributed by atoms with Crippen molar-refractivity contribution in [3.8, 4) is 11.8 Å². The van der Waals surface area contributed by atoms with E-state index in [1.165, 1.54) is 12.0 Å². The summed E-state index contributed by atoms with van der Waals surface area (Å²) in [4.78, 5) is 11.0. The van der Waals surface area contributed by atoms with Crippen LogP contribution in [0.5, 0.6) is 11.8 Å². The van der Waals surface area contributed by atoms with Crippen molar-refractivity contribution in [3.63, 3.8) is 0 Å². The number of nitrogens with zero attached hydrogens (tertiary/aromatic N) is 3. The number of methoxy groups -OCH3 is 1. The predicted octanol–water partition coefficient (Wildman–Crippen LogP) is 4.02.